The molecule has 1 aliphatic rings. The highest BCUT2D eigenvalue weighted by molar-refractivity contribution is 9.10. The zero-order valence-corrected chi connectivity index (χ0v) is 11.7. The van der Waals surface area contributed by atoms with Crippen molar-refractivity contribution < 1.29 is 18.7 Å². The molecule has 2 N–H and O–H groups in total. The van der Waals surface area contributed by atoms with Crippen LogP contribution in [0.2, 0.25) is 0 Å². The number of hydrogen-bond acceptors (Lipinski definition) is 3. The molecule has 1 fully saturated rings. The van der Waals surface area contributed by atoms with E-state index in [2.05, 4.69) is 21.2 Å². The third-order valence-corrected chi connectivity index (χ3v) is 3.65. The predicted molar refractivity (Wildman–Crippen MR) is 68.8 cm³/mol. The molecule has 2 rings (SSSR count). The first-order chi connectivity index (χ1) is 8.91. The van der Waals surface area contributed by atoms with Crippen molar-refractivity contribution in [2.24, 2.45) is 0 Å². The number of halogens is 3. The molecular weight excluding hydrogens is 322 g/mol. The fourth-order valence-corrected chi connectivity index (χ4v) is 2.52. The first kappa shape index (κ1) is 14.4. The van der Waals surface area contributed by atoms with Crippen LogP contribution in [0.5, 0.6) is 0 Å². The number of benzene rings is 1. The molecule has 1 aromatic rings. The summed E-state index contributed by atoms with van der Waals surface area (Å²) in [6.07, 6.45) is -0.740. The van der Waals surface area contributed by atoms with Crippen LogP contribution >= 0.6 is 15.9 Å². The van der Waals surface area contributed by atoms with Crippen molar-refractivity contribution in [2.75, 3.05) is 20.1 Å². The number of amides is 1. The fourth-order valence-electron chi connectivity index (χ4n) is 2.12. The van der Waals surface area contributed by atoms with E-state index in [9.17, 15) is 18.7 Å². The van der Waals surface area contributed by atoms with Crippen LogP contribution in [0.3, 0.4) is 0 Å². The Hall–Kier alpha value is -1.05. The summed E-state index contributed by atoms with van der Waals surface area (Å²) >= 11 is 2.95. The lowest BCUT2D eigenvalue weighted by Gasteiger charge is -2.26. The summed E-state index contributed by atoms with van der Waals surface area (Å²) in [4.78, 5) is 13.3. The Kier molecular flexibility index (Phi) is 4.17. The van der Waals surface area contributed by atoms with Crippen LogP contribution in [0.25, 0.3) is 0 Å². The van der Waals surface area contributed by atoms with Crippen molar-refractivity contribution in [3.8, 4) is 0 Å². The van der Waals surface area contributed by atoms with Crippen molar-refractivity contribution in [3.05, 3.63) is 33.8 Å². The third kappa shape index (κ3) is 2.77. The summed E-state index contributed by atoms with van der Waals surface area (Å²) in [5, 5.41) is 12.6. The number of aliphatic hydroxyl groups is 1. The van der Waals surface area contributed by atoms with Gasteiger partial charge in [0, 0.05) is 24.6 Å². The lowest BCUT2D eigenvalue weighted by Crippen LogP contribution is -2.44. The molecule has 0 unspecified atom stereocenters. The van der Waals surface area contributed by atoms with Gasteiger partial charge in [0.15, 0.2) is 0 Å². The second-order valence-corrected chi connectivity index (χ2v) is 5.37. The molecule has 0 aromatic heterocycles. The van der Waals surface area contributed by atoms with Gasteiger partial charge in [-0.25, -0.2) is 8.78 Å². The topological polar surface area (TPSA) is 52.6 Å². The molecule has 19 heavy (non-hydrogen) atoms. The first-order valence-corrected chi connectivity index (χ1v) is 6.51. The van der Waals surface area contributed by atoms with Crippen molar-refractivity contribution in [2.45, 2.75) is 12.1 Å². The van der Waals surface area contributed by atoms with Gasteiger partial charge in [-0.3, -0.25) is 4.79 Å². The van der Waals surface area contributed by atoms with Crippen molar-refractivity contribution in [1.29, 1.82) is 0 Å². The Balaban J connectivity index is 2.29. The second-order valence-electron chi connectivity index (χ2n) is 4.45. The van der Waals surface area contributed by atoms with Gasteiger partial charge in [-0.1, -0.05) is 15.9 Å². The van der Waals surface area contributed by atoms with Gasteiger partial charge in [0.05, 0.1) is 12.1 Å². The lowest BCUT2D eigenvalue weighted by molar-refractivity contribution is 0.0572. The largest absolute Gasteiger partial charge is 0.390 e. The van der Waals surface area contributed by atoms with Crippen LogP contribution in [0.15, 0.2) is 16.6 Å². The van der Waals surface area contributed by atoms with Crippen molar-refractivity contribution in [3.63, 3.8) is 0 Å². The number of rotatable bonds is 2. The molecule has 1 amide bonds. The minimum absolute atomic E-state index is 0.226. The molecule has 0 spiro atoms. The third-order valence-electron chi connectivity index (χ3n) is 3.19. The molecule has 1 aliphatic heterocycles. The van der Waals surface area contributed by atoms with E-state index in [1.54, 1.807) is 0 Å². The Labute approximate surface area is 117 Å². The number of nitrogens with one attached hydrogen (secondary N) is 1. The molecule has 0 saturated carbocycles. The lowest BCUT2D eigenvalue weighted by atomic mass is 10.1. The Morgan fingerprint density at radius 2 is 2.00 bits per heavy atom. The van der Waals surface area contributed by atoms with Crippen LogP contribution in [0, 0.1) is 11.6 Å². The van der Waals surface area contributed by atoms with E-state index in [1.165, 1.54) is 11.9 Å². The highest BCUT2D eigenvalue weighted by Crippen LogP contribution is 2.22. The van der Waals surface area contributed by atoms with E-state index in [4.69, 9.17) is 0 Å². The first-order valence-electron chi connectivity index (χ1n) is 5.72. The minimum Gasteiger partial charge on any atom is -0.390 e. The molecule has 0 radical (unpaired) electrons. The van der Waals surface area contributed by atoms with Gasteiger partial charge < -0.3 is 15.3 Å². The number of β-amino-alcohol motifs (C(OH)–C–C–N with tert-alkyl or cyclic N) is 1. The van der Waals surface area contributed by atoms with Gasteiger partial charge in [0.25, 0.3) is 5.91 Å². The van der Waals surface area contributed by atoms with Crippen LogP contribution in [0.4, 0.5) is 8.78 Å². The molecule has 1 heterocycles. The maximum atomic E-state index is 13.7. The summed E-state index contributed by atoms with van der Waals surface area (Å²) in [6.45, 7) is 0.747. The van der Waals surface area contributed by atoms with Crippen LogP contribution in [-0.2, 0) is 0 Å². The van der Waals surface area contributed by atoms with Gasteiger partial charge in [0.1, 0.15) is 17.2 Å². The normalized spacial score (nSPS) is 22.6. The molecule has 104 valence electrons. The maximum Gasteiger partial charge on any atom is 0.259 e. The number of aliphatic hydroxyl groups excluding tert-OH is 1. The number of nitrogens with zero attached hydrogens (tertiary/aromatic N) is 1. The maximum absolute atomic E-state index is 13.7. The number of likely N-dealkylation sites (N-methyl/N-ethyl adjacent to an activating group) is 1. The number of hydrogen-bond donors (Lipinski definition) is 2. The van der Waals surface area contributed by atoms with Crippen molar-refractivity contribution in [1.82, 2.24) is 10.2 Å². The van der Waals surface area contributed by atoms with Crippen molar-refractivity contribution >= 4 is 21.8 Å². The summed E-state index contributed by atoms with van der Waals surface area (Å²) in [6, 6.07) is 1.58. The summed E-state index contributed by atoms with van der Waals surface area (Å²) in [5.41, 5.74) is -0.607. The quantitative estimate of drug-likeness (QED) is 0.852. The van der Waals surface area contributed by atoms with Gasteiger partial charge in [-0.15, -0.1) is 0 Å². The zero-order valence-electron chi connectivity index (χ0n) is 10.2. The second kappa shape index (κ2) is 5.52. The molecule has 2 atom stereocenters. The molecule has 1 saturated heterocycles. The molecule has 4 nitrogen and oxygen atoms in total. The van der Waals surface area contributed by atoms with E-state index >= 15 is 0 Å². The Bertz CT molecular complexity index is 489. The van der Waals surface area contributed by atoms with Gasteiger partial charge >= 0.3 is 0 Å². The van der Waals surface area contributed by atoms with Crippen LogP contribution in [0.1, 0.15) is 10.4 Å². The highest BCUT2D eigenvalue weighted by Gasteiger charge is 2.33. The Morgan fingerprint density at radius 1 is 1.42 bits per heavy atom. The zero-order chi connectivity index (χ0) is 14.2. The van der Waals surface area contributed by atoms with E-state index < -0.39 is 35.3 Å². The average molecular weight is 335 g/mol. The molecule has 1 aromatic carbocycles. The summed E-state index contributed by atoms with van der Waals surface area (Å²) in [7, 11) is 1.42. The van der Waals surface area contributed by atoms with Gasteiger partial charge in [-0.2, -0.15) is 0 Å². The van der Waals surface area contributed by atoms with Crippen LogP contribution in [-0.4, -0.2) is 48.2 Å². The smallest absolute Gasteiger partial charge is 0.259 e. The van der Waals surface area contributed by atoms with E-state index in [0.29, 0.717) is 13.1 Å². The molecule has 0 aliphatic carbocycles. The minimum atomic E-state index is -0.927. The average Bonchev–Trinajstić information content (AvgIpc) is 2.73. The predicted octanol–water partition coefficient (Wildman–Crippen LogP) is 1.13. The van der Waals surface area contributed by atoms with E-state index in [1.807, 2.05) is 0 Å². The Morgan fingerprint density at radius 3 is 2.47 bits per heavy atom. The monoisotopic (exact) mass is 334 g/mol. The number of carbonyl (C=O) groups is 1. The standard InChI is InChI=1S/C12H13BrF2N2O2/c1-17(9-4-16-5-10(9)18)12(19)11-7(14)2-6(13)3-8(11)15/h2-3,9-10,16,18H,4-5H2,1H3/t9-,10-/m0/s1. The van der Waals surface area contributed by atoms with E-state index in [-0.39, 0.29) is 4.47 Å². The van der Waals surface area contributed by atoms with Crippen LogP contribution < -0.4 is 5.32 Å². The van der Waals surface area contributed by atoms with E-state index in [0.717, 1.165) is 12.1 Å². The number of carbonyl (C=O) groups excluding carboxylic acids is 1. The molecular formula is C12H13BrF2N2O2. The SMILES string of the molecule is CN(C(=O)c1c(F)cc(Br)cc1F)[C@H]1CNC[C@@H]1O. The fraction of sp³-hybridized carbons (Fsp3) is 0.417. The highest BCUT2D eigenvalue weighted by atomic mass is 79.9. The van der Waals surface area contributed by atoms with Gasteiger partial charge in [-0.05, 0) is 12.1 Å². The molecule has 0 bridgehead atoms. The molecule has 7 heteroatoms. The summed E-state index contributed by atoms with van der Waals surface area (Å²) < 4.78 is 27.6. The summed E-state index contributed by atoms with van der Waals surface area (Å²) in [5.74, 6) is -2.64. The van der Waals surface area contributed by atoms with Gasteiger partial charge in [0.2, 0.25) is 0 Å².